The Morgan fingerprint density at radius 1 is 1.47 bits per heavy atom. The van der Waals surface area contributed by atoms with E-state index in [2.05, 4.69) is 10.6 Å². The second-order valence-corrected chi connectivity index (χ2v) is 5.06. The van der Waals surface area contributed by atoms with Crippen molar-refractivity contribution in [3.05, 3.63) is 0 Å². The van der Waals surface area contributed by atoms with Gasteiger partial charge in [-0.05, 0) is 18.8 Å². The third-order valence-corrected chi connectivity index (χ3v) is 3.67. The van der Waals surface area contributed by atoms with Gasteiger partial charge in [-0.25, -0.2) is 0 Å². The average Bonchev–Trinajstić information content (AvgIpc) is 2.95. The molecule has 0 aromatic heterocycles. The highest BCUT2D eigenvalue weighted by molar-refractivity contribution is 5.75. The van der Waals surface area contributed by atoms with E-state index in [1.165, 1.54) is 0 Å². The highest BCUT2D eigenvalue weighted by atomic mass is 16.5. The molecule has 2 saturated heterocycles. The molecule has 0 aromatic rings. The predicted octanol–water partition coefficient (Wildman–Crippen LogP) is -0.500. The summed E-state index contributed by atoms with van der Waals surface area (Å²) < 4.78 is 5.27. The Labute approximate surface area is 102 Å². The topological polar surface area (TPSA) is 70.6 Å². The van der Waals surface area contributed by atoms with Crippen molar-refractivity contribution in [2.24, 2.45) is 11.8 Å². The van der Waals surface area contributed by atoms with Crippen molar-refractivity contribution in [2.45, 2.75) is 25.4 Å². The Bertz CT molecular complexity index is 254. The van der Waals surface area contributed by atoms with Gasteiger partial charge in [0.15, 0.2) is 0 Å². The van der Waals surface area contributed by atoms with Crippen LogP contribution in [0.2, 0.25) is 0 Å². The Morgan fingerprint density at radius 2 is 2.35 bits per heavy atom. The Hall–Kier alpha value is -0.650. The van der Waals surface area contributed by atoms with Gasteiger partial charge in [0.05, 0.1) is 6.10 Å². The maximum absolute atomic E-state index is 11.6. The van der Waals surface area contributed by atoms with E-state index in [4.69, 9.17) is 4.74 Å². The molecule has 2 fully saturated rings. The molecule has 0 aliphatic carbocycles. The van der Waals surface area contributed by atoms with Gasteiger partial charge in [-0.1, -0.05) is 0 Å². The molecule has 3 N–H and O–H groups in total. The van der Waals surface area contributed by atoms with Crippen molar-refractivity contribution < 1.29 is 14.6 Å². The maximum Gasteiger partial charge on any atom is 0.220 e. The van der Waals surface area contributed by atoms with Crippen LogP contribution in [-0.2, 0) is 9.53 Å². The van der Waals surface area contributed by atoms with Crippen LogP contribution in [-0.4, -0.2) is 50.0 Å². The Kier molecular flexibility index (Phi) is 4.76. The number of β-amino-alcohol motifs (C(OH)–C–C–N with tert-alkyl or cyclic N) is 1. The predicted molar refractivity (Wildman–Crippen MR) is 63.5 cm³/mol. The van der Waals surface area contributed by atoms with E-state index in [-0.39, 0.29) is 17.9 Å². The number of aliphatic hydroxyl groups excluding tert-OH is 1. The first kappa shape index (κ1) is 12.8. The van der Waals surface area contributed by atoms with Crippen LogP contribution in [0.15, 0.2) is 0 Å². The van der Waals surface area contributed by atoms with E-state index >= 15 is 0 Å². The van der Waals surface area contributed by atoms with Gasteiger partial charge in [0.25, 0.3) is 0 Å². The zero-order chi connectivity index (χ0) is 12.1. The highest BCUT2D eigenvalue weighted by Crippen LogP contribution is 2.17. The van der Waals surface area contributed by atoms with Crippen LogP contribution in [0, 0.1) is 11.8 Å². The smallest absolute Gasteiger partial charge is 0.220 e. The van der Waals surface area contributed by atoms with E-state index in [1.54, 1.807) is 0 Å². The third-order valence-electron chi connectivity index (χ3n) is 3.67. The van der Waals surface area contributed by atoms with Crippen molar-refractivity contribution in [3.8, 4) is 0 Å². The third kappa shape index (κ3) is 3.94. The van der Waals surface area contributed by atoms with Crippen molar-refractivity contribution in [3.63, 3.8) is 0 Å². The molecule has 1 amide bonds. The standard InChI is InChI=1S/C12H22N2O3/c15-11-7-13-5-10(11)6-14-12(16)2-1-9-3-4-17-8-9/h9-11,13,15H,1-8H2,(H,14,16). The van der Waals surface area contributed by atoms with Crippen LogP contribution in [0.4, 0.5) is 0 Å². The minimum atomic E-state index is -0.321. The molecule has 3 atom stereocenters. The van der Waals surface area contributed by atoms with Gasteiger partial charge in [0, 0.05) is 45.2 Å². The van der Waals surface area contributed by atoms with Gasteiger partial charge in [0.2, 0.25) is 5.91 Å². The number of carbonyl (C=O) groups excluding carboxylic acids is 1. The van der Waals surface area contributed by atoms with Gasteiger partial charge < -0.3 is 20.5 Å². The van der Waals surface area contributed by atoms with Crippen LogP contribution >= 0.6 is 0 Å². The molecule has 2 heterocycles. The molecule has 17 heavy (non-hydrogen) atoms. The molecule has 98 valence electrons. The van der Waals surface area contributed by atoms with Crippen molar-refractivity contribution >= 4 is 5.91 Å². The van der Waals surface area contributed by atoms with E-state index in [0.29, 0.717) is 25.4 Å². The minimum absolute atomic E-state index is 0.0935. The zero-order valence-corrected chi connectivity index (χ0v) is 10.2. The molecule has 0 spiro atoms. The van der Waals surface area contributed by atoms with E-state index < -0.39 is 0 Å². The van der Waals surface area contributed by atoms with E-state index in [9.17, 15) is 9.90 Å². The fraction of sp³-hybridized carbons (Fsp3) is 0.917. The lowest BCUT2D eigenvalue weighted by molar-refractivity contribution is -0.121. The first-order chi connectivity index (χ1) is 8.25. The normalized spacial score (nSPS) is 32.9. The summed E-state index contributed by atoms with van der Waals surface area (Å²) >= 11 is 0. The number of rotatable bonds is 5. The van der Waals surface area contributed by atoms with Gasteiger partial charge in [-0.3, -0.25) is 4.79 Å². The van der Waals surface area contributed by atoms with Crippen molar-refractivity contribution in [1.82, 2.24) is 10.6 Å². The molecule has 0 saturated carbocycles. The fourth-order valence-electron chi connectivity index (χ4n) is 2.41. The molecule has 2 rings (SSSR count). The number of nitrogens with one attached hydrogen (secondary N) is 2. The number of aliphatic hydroxyl groups is 1. The lowest BCUT2D eigenvalue weighted by atomic mass is 10.0. The summed E-state index contributed by atoms with van der Waals surface area (Å²) in [4.78, 5) is 11.6. The van der Waals surface area contributed by atoms with Crippen LogP contribution < -0.4 is 10.6 Å². The summed E-state index contributed by atoms with van der Waals surface area (Å²) in [5, 5.41) is 15.6. The number of amides is 1. The molecule has 3 unspecified atom stereocenters. The number of hydrogen-bond acceptors (Lipinski definition) is 4. The Morgan fingerprint density at radius 3 is 3.00 bits per heavy atom. The first-order valence-electron chi connectivity index (χ1n) is 6.49. The van der Waals surface area contributed by atoms with Gasteiger partial charge in [-0.2, -0.15) is 0 Å². The van der Waals surface area contributed by atoms with Crippen molar-refractivity contribution in [2.75, 3.05) is 32.8 Å². The first-order valence-corrected chi connectivity index (χ1v) is 6.49. The molecule has 2 aliphatic rings. The van der Waals surface area contributed by atoms with E-state index in [1.807, 2.05) is 0 Å². The van der Waals surface area contributed by atoms with Crippen LogP contribution in [0.25, 0.3) is 0 Å². The minimum Gasteiger partial charge on any atom is -0.391 e. The van der Waals surface area contributed by atoms with Crippen LogP contribution in [0.1, 0.15) is 19.3 Å². The lowest BCUT2D eigenvalue weighted by Gasteiger charge is -2.14. The second kappa shape index (κ2) is 6.33. The molecular weight excluding hydrogens is 220 g/mol. The molecule has 0 radical (unpaired) electrons. The summed E-state index contributed by atoms with van der Waals surface area (Å²) in [5.41, 5.74) is 0. The molecule has 5 heteroatoms. The van der Waals surface area contributed by atoms with Gasteiger partial charge in [0.1, 0.15) is 0 Å². The largest absolute Gasteiger partial charge is 0.391 e. The number of ether oxygens (including phenoxy) is 1. The number of hydrogen-bond donors (Lipinski definition) is 3. The molecular formula is C12H22N2O3. The quantitative estimate of drug-likeness (QED) is 0.608. The van der Waals surface area contributed by atoms with Gasteiger partial charge >= 0.3 is 0 Å². The van der Waals surface area contributed by atoms with Crippen LogP contribution in [0.3, 0.4) is 0 Å². The maximum atomic E-state index is 11.6. The molecule has 5 nitrogen and oxygen atoms in total. The van der Waals surface area contributed by atoms with Crippen molar-refractivity contribution in [1.29, 1.82) is 0 Å². The second-order valence-electron chi connectivity index (χ2n) is 5.06. The Balaban J connectivity index is 1.57. The molecule has 2 aliphatic heterocycles. The summed E-state index contributed by atoms with van der Waals surface area (Å²) in [6.07, 6.45) is 2.25. The number of carbonyl (C=O) groups is 1. The fourth-order valence-corrected chi connectivity index (χ4v) is 2.41. The van der Waals surface area contributed by atoms with Crippen LogP contribution in [0.5, 0.6) is 0 Å². The highest BCUT2D eigenvalue weighted by Gasteiger charge is 2.25. The average molecular weight is 242 g/mol. The summed E-state index contributed by atoms with van der Waals surface area (Å²) in [7, 11) is 0. The van der Waals surface area contributed by atoms with Gasteiger partial charge in [-0.15, -0.1) is 0 Å². The lowest BCUT2D eigenvalue weighted by Crippen LogP contribution is -2.34. The monoisotopic (exact) mass is 242 g/mol. The van der Waals surface area contributed by atoms with E-state index in [0.717, 1.165) is 32.6 Å². The zero-order valence-electron chi connectivity index (χ0n) is 10.2. The SMILES string of the molecule is O=C(CCC1CCOC1)NCC1CNCC1O. The summed E-state index contributed by atoms with van der Waals surface area (Å²) in [6.45, 7) is 3.65. The summed E-state index contributed by atoms with van der Waals surface area (Å²) in [6, 6.07) is 0. The summed E-state index contributed by atoms with van der Waals surface area (Å²) in [5.74, 6) is 0.809. The molecule has 0 bridgehead atoms. The molecule has 0 aromatic carbocycles.